The lowest BCUT2D eigenvalue weighted by molar-refractivity contribution is -0.384. The Bertz CT molecular complexity index is 794. The first-order valence-corrected chi connectivity index (χ1v) is 7.40. The number of hydrogen-bond acceptors (Lipinski definition) is 2. The summed E-state index contributed by atoms with van der Waals surface area (Å²) < 4.78 is 3.26. The van der Waals surface area contributed by atoms with E-state index >= 15 is 0 Å². The number of nitrogens with zero attached hydrogens (tertiary/aromatic N) is 2. The molecule has 0 unspecified atom stereocenters. The van der Waals surface area contributed by atoms with Gasteiger partial charge in [0.1, 0.15) is 0 Å². The molecule has 2 aromatic carbocycles. The standard InChI is InChI=1S/C16H13BrN2O2/c17-14-4-3-13-8-10-18(16(13)11-14)9-7-12-1-5-15(6-2-12)19(20)21/h1-6,8,10-11H,7,9H2. The second-order valence-corrected chi connectivity index (χ2v) is 5.80. The summed E-state index contributed by atoms with van der Waals surface area (Å²) in [5.41, 5.74) is 2.41. The van der Waals surface area contributed by atoms with Gasteiger partial charge in [-0.2, -0.15) is 0 Å². The molecule has 5 heteroatoms. The average molecular weight is 345 g/mol. The molecule has 106 valence electrons. The van der Waals surface area contributed by atoms with Gasteiger partial charge in [-0.05, 0) is 35.6 Å². The molecule has 1 heterocycles. The van der Waals surface area contributed by atoms with Crippen LogP contribution in [0.25, 0.3) is 10.9 Å². The van der Waals surface area contributed by atoms with Crippen molar-refractivity contribution in [2.45, 2.75) is 13.0 Å². The molecule has 0 bridgehead atoms. The summed E-state index contributed by atoms with van der Waals surface area (Å²) in [7, 11) is 0. The molecule has 3 rings (SSSR count). The summed E-state index contributed by atoms with van der Waals surface area (Å²) in [6, 6.07) is 15.1. The van der Waals surface area contributed by atoms with E-state index < -0.39 is 0 Å². The monoisotopic (exact) mass is 344 g/mol. The summed E-state index contributed by atoms with van der Waals surface area (Å²) in [6.07, 6.45) is 2.91. The van der Waals surface area contributed by atoms with Crippen molar-refractivity contribution >= 4 is 32.5 Å². The minimum Gasteiger partial charge on any atom is -0.347 e. The van der Waals surface area contributed by atoms with Crippen LogP contribution in [0.15, 0.2) is 59.2 Å². The zero-order valence-corrected chi connectivity index (χ0v) is 12.8. The second kappa shape index (κ2) is 5.69. The maximum Gasteiger partial charge on any atom is 0.269 e. The van der Waals surface area contributed by atoms with Crippen LogP contribution in [-0.2, 0) is 13.0 Å². The zero-order valence-electron chi connectivity index (χ0n) is 11.2. The normalized spacial score (nSPS) is 10.9. The van der Waals surface area contributed by atoms with Crippen LogP contribution in [0.5, 0.6) is 0 Å². The number of rotatable bonds is 4. The molecule has 0 aliphatic heterocycles. The zero-order chi connectivity index (χ0) is 14.8. The van der Waals surface area contributed by atoms with Crippen LogP contribution >= 0.6 is 15.9 Å². The predicted octanol–water partition coefficient (Wildman–Crippen LogP) is 4.55. The fourth-order valence-corrected chi connectivity index (χ4v) is 2.73. The Morgan fingerprint density at radius 1 is 1.10 bits per heavy atom. The third-order valence-corrected chi connectivity index (χ3v) is 4.02. The largest absolute Gasteiger partial charge is 0.347 e. The van der Waals surface area contributed by atoms with E-state index in [2.05, 4.69) is 44.9 Å². The van der Waals surface area contributed by atoms with Gasteiger partial charge in [0.25, 0.3) is 5.69 Å². The maximum absolute atomic E-state index is 10.6. The predicted molar refractivity (Wildman–Crippen MR) is 86.4 cm³/mol. The van der Waals surface area contributed by atoms with E-state index in [4.69, 9.17) is 0 Å². The van der Waals surface area contributed by atoms with Gasteiger partial charge in [-0.15, -0.1) is 0 Å². The first kappa shape index (κ1) is 13.8. The molecular formula is C16H13BrN2O2. The molecule has 4 nitrogen and oxygen atoms in total. The first-order chi connectivity index (χ1) is 10.1. The molecule has 21 heavy (non-hydrogen) atoms. The number of aryl methyl sites for hydroxylation is 2. The van der Waals surface area contributed by atoms with Crippen molar-refractivity contribution in [1.29, 1.82) is 0 Å². The third-order valence-electron chi connectivity index (χ3n) is 3.52. The number of aromatic nitrogens is 1. The van der Waals surface area contributed by atoms with Crippen molar-refractivity contribution in [2.75, 3.05) is 0 Å². The number of hydrogen-bond donors (Lipinski definition) is 0. The van der Waals surface area contributed by atoms with Crippen LogP contribution in [-0.4, -0.2) is 9.49 Å². The van der Waals surface area contributed by atoms with Gasteiger partial charge in [-0.25, -0.2) is 0 Å². The van der Waals surface area contributed by atoms with Crippen molar-refractivity contribution in [3.63, 3.8) is 0 Å². The Morgan fingerprint density at radius 3 is 2.57 bits per heavy atom. The van der Waals surface area contributed by atoms with Gasteiger partial charge in [0.15, 0.2) is 0 Å². The highest BCUT2D eigenvalue weighted by Gasteiger charge is 2.05. The number of benzene rings is 2. The van der Waals surface area contributed by atoms with Gasteiger partial charge >= 0.3 is 0 Å². The molecule has 0 amide bonds. The molecule has 0 saturated heterocycles. The van der Waals surface area contributed by atoms with Crippen molar-refractivity contribution < 1.29 is 4.92 Å². The smallest absolute Gasteiger partial charge is 0.269 e. The van der Waals surface area contributed by atoms with Crippen molar-refractivity contribution in [2.24, 2.45) is 0 Å². The van der Waals surface area contributed by atoms with Gasteiger partial charge in [0, 0.05) is 34.9 Å². The SMILES string of the molecule is O=[N+]([O-])c1ccc(CCn2ccc3ccc(Br)cc32)cc1. The summed E-state index contributed by atoms with van der Waals surface area (Å²) in [5, 5.41) is 11.8. The van der Waals surface area contributed by atoms with Crippen LogP contribution in [0.3, 0.4) is 0 Å². The Morgan fingerprint density at radius 2 is 1.86 bits per heavy atom. The molecule has 3 aromatic rings. The molecule has 0 aliphatic rings. The van der Waals surface area contributed by atoms with Gasteiger partial charge in [0.05, 0.1) is 4.92 Å². The molecule has 0 aliphatic carbocycles. The summed E-state index contributed by atoms with van der Waals surface area (Å²) >= 11 is 3.49. The molecule has 0 N–H and O–H groups in total. The van der Waals surface area contributed by atoms with Crippen molar-refractivity contribution in [1.82, 2.24) is 4.57 Å². The lowest BCUT2D eigenvalue weighted by Crippen LogP contribution is -2.00. The Labute approximate surface area is 130 Å². The quantitative estimate of drug-likeness (QED) is 0.514. The molecular weight excluding hydrogens is 332 g/mol. The first-order valence-electron chi connectivity index (χ1n) is 6.61. The highest BCUT2D eigenvalue weighted by Crippen LogP contribution is 2.21. The molecule has 0 saturated carbocycles. The summed E-state index contributed by atoms with van der Waals surface area (Å²) in [5.74, 6) is 0. The maximum atomic E-state index is 10.6. The van der Waals surface area contributed by atoms with E-state index in [9.17, 15) is 10.1 Å². The highest BCUT2D eigenvalue weighted by atomic mass is 79.9. The minimum atomic E-state index is -0.374. The summed E-state index contributed by atoms with van der Waals surface area (Å²) in [4.78, 5) is 10.3. The fourth-order valence-electron chi connectivity index (χ4n) is 2.39. The highest BCUT2D eigenvalue weighted by molar-refractivity contribution is 9.10. The van der Waals surface area contributed by atoms with E-state index in [1.54, 1.807) is 12.1 Å². The van der Waals surface area contributed by atoms with Gasteiger partial charge < -0.3 is 4.57 Å². The molecule has 0 atom stereocenters. The Kier molecular flexibility index (Phi) is 3.75. The number of nitro groups is 1. The number of nitro benzene ring substituents is 1. The molecule has 0 fully saturated rings. The van der Waals surface area contributed by atoms with E-state index in [1.807, 2.05) is 18.2 Å². The van der Waals surface area contributed by atoms with E-state index in [0.717, 1.165) is 23.0 Å². The van der Waals surface area contributed by atoms with Crippen LogP contribution in [0, 0.1) is 10.1 Å². The number of halogens is 1. The minimum absolute atomic E-state index is 0.133. The van der Waals surface area contributed by atoms with E-state index in [-0.39, 0.29) is 10.6 Å². The van der Waals surface area contributed by atoms with Crippen LogP contribution in [0.4, 0.5) is 5.69 Å². The third kappa shape index (κ3) is 2.97. The summed E-state index contributed by atoms with van der Waals surface area (Å²) in [6.45, 7) is 0.845. The van der Waals surface area contributed by atoms with Crippen LogP contribution in [0.2, 0.25) is 0 Å². The van der Waals surface area contributed by atoms with Crippen molar-refractivity contribution in [3.8, 4) is 0 Å². The molecule has 0 radical (unpaired) electrons. The average Bonchev–Trinajstić information content (AvgIpc) is 2.88. The van der Waals surface area contributed by atoms with Gasteiger partial charge in [-0.1, -0.05) is 34.1 Å². The Balaban J connectivity index is 1.77. The lowest BCUT2D eigenvalue weighted by atomic mass is 10.1. The van der Waals surface area contributed by atoms with E-state index in [0.29, 0.717) is 0 Å². The topological polar surface area (TPSA) is 48.1 Å². The Hall–Kier alpha value is -2.14. The van der Waals surface area contributed by atoms with Crippen molar-refractivity contribution in [3.05, 3.63) is 74.9 Å². The van der Waals surface area contributed by atoms with Gasteiger partial charge in [-0.3, -0.25) is 10.1 Å². The molecule has 1 aromatic heterocycles. The molecule has 0 spiro atoms. The number of non-ortho nitro benzene ring substituents is 1. The van der Waals surface area contributed by atoms with Crippen LogP contribution < -0.4 is 0 Å². The number of fused-ring (bicyclic) bond motifs is 1. The van der Waals surface area contributed by atoms with Crippen LogP contribution in [0.1, 0.15) is 5.56 Å². The lowest BCUT2D eigenvalue weighted by Gasteiger charge is -2.06. The van der Waals surface area contributed by atoms with Gasteiger partial charge in [0.2, 0.25) is 0 Å². The fraction of sp³-hybridized carbons (Fsp3) is 0.125. The van der Waals surface area contributed by atoms with E-state index in [1.165, 1.54) is 10.9 Å². The second-order valence-electron chi connectivity index (χ2n) is 4.89.